The normalized spacial score (nSPS) is 15.2. The van der Waals surface area contributed by atoms with Crippen molar-refractivity contribution in [1.82, 2.24) is 14.8 Å². The van der Waals surface area contributed by atoms with Crippen molar-refractivity contribution >= 4 is 17.9 Å². The number of urea groups is 1. The summed E-state index contributed by atoms with van der Waals surface area (Å²) in [4.78, 5) is 32.0. The van der Waals surface area contributed by atoms with Crippen LogP contribution in [-0.4, -0.2) is 59.7 Å². The van der Waals surface area contributed by atoms with Crippen molar-refractivity contribution in [2.75, 3.05) is 38.1 Å². The SMILES string of the molecule is Cc1cccnc1NC(=O)N1CCCN(C(=O)OCC(C)C)CC1. The van der Waals surface area contributed by atoms with E-state index in [9.17, 15) is 9.59 Å². The maximum absolute atomic E-state index is 12.4. The number of aryl methyl sites for hydroxylation is 1. The zero-order chi connectivity index (χ0) is 17.5. The van der Waals surface area contributed by atoms with Gasteiger partial charge in [0.2, 0.25) is 0 Å². The topological polar surface area (TPSA) is 74.8 Å². The maximum Gasteiger partial charge on any atom is 0.409 e. The van der Waals surface area contributed by atoms with Crippen molar-refractivity contribution in [3.63, 3.8) is 0 Å². The molecule has 1 aromatic heterocycles. The number of amides is 3. The van der Waals surface area contributed by atoms with Gasteiger partial charge in [0.25, 0.3) is 0 Å². The predicted molar refractivity (Wildman–Crippen MR) is 91.9 cm³/mol. The van der Waals surface area contributed by atoms with Crippen LogP contribution in [0.1, 0.15) is 25.8 Å². The average molecular weight is 334 g/mol. The highest BCUT2D eigenvalue weighted by molar-refractivity contribution is 5.89. The molecule has 2 rings (SSSR count). The number of carbonyl (C=O) groups excluding carboxylic acids is 2. The van der Waals surface area contributed by atoms with Crippen molar-refractivity contribution in [3.05, 3.63) is 23.9 Å². The number of ether oxygens (including phenoxy) is 1. The van der Waals surface area contributed by atoms with Gasteiger partial charge in [0, 0.05) is 32.4 Å². The highest BCUT2D eigenvalue weighted by Crippen LogP contribution is 2.12. The summed E-state index contributed by atoms with van der Waals surface area (Å²) in [5.41, 5.74) is 0.916. The molecule has 3 amide bonds. The number of anilines is 1. The van der Waals surface area contributed by atoms with Crippen molar-refractivity contribution in [2.24, 2.45) is 5.92 Å². The standard InChI is InChI=1S/C17H26N4O3/c1-13(2)12-24-17(23)21-9-5-8-20(10-11-21)16(22)19-15-14(3)6-4-7-18-15/h4,6-7,13H,5,8-12H2,1-3H3,(H,18,19,22). The second-order valence-corrected chi connectivity index (χ2v) is 6.40. The second kappa shape index (κ2) is 8.52. The summed E-state index contributed by atoms with van der Waals surface area (Å²) in [7, 11) is 0. The molecule has 0 aromatic carbocycles. The fraction of sp³-hybridized carbons (Fsp3) is 0.588. The van der Waals surface area contributed by atoms with Crippen LogP contribution < -0.4 is 5.32 Å². The van der Waals surface area contributed by atoms with Crippen LogP contribution in [0.4, 0.5) is 15.4 Å². The molecule has 7 nitrogen and oxygen atoms in total. The van der Waals surface area contributed by atoms with E-state index >= 15 is 0 Å². The molecular formula is C17H26N4O3. The van der Waals surface area contributed by atoms with Gasteiger partial charge in [-0.15, -0.1) is 0 Å². The molecule has 1 N–H and O–H groups in total. The molecule has 0 bridgehead atoms. The lowest BCUT2D eigenvalue weighted by Gasteiger charge is -2.22. The summed E-state index contributed by atoms with van der Waals surface area (Å²) in [5, 5.41) is 2.83. The molecule has 7 heteroatoms. The largest absolute Gasteiger partial charge is 0.449 e. The molecule has 2 heterocycles. The Labute approximate surface area is 143 Å². The Balaban J connectivity index is 1.87. The van der Waals surface area contributed by atoms with E-state index in [0.29, 0.717) is 44.5 Å². The third-order valence-corrected chi connectivity index (χ3v) is 3.82. The van der Waals surface area contributed by atoms with Gasteiger partial charge in [-0.1, -0.05) is 19.9 Å². The first-order chi connectivity index (χ1) is 11.5. The van der Waals surface area contributed by atoms with Crippen LogP contribution in [0.25, 0.3) is 0 Å². The zero-order valence-electron chi connectivity index (χ0n) is 14.6. The molecule has 1 saturated heterocycles. The Morgan fingerprint density at radius 3 is 2.67 bits per heavy atom. The van der Waals surface area contributed by atoms with E-state index in [1.54, 1.807) is 16.0 Å². The Kier molecular flexibility index (Phi) is 6.40. The third kappa shape index (κ3) is 5.11. The molecule has 0 atom stereocenters. The third-order valence-electron chi connectivity index (χ3n) is 3.82. The van der Waals surface area contributed by atoms with Gasteiger partial charge < -0.3 is 14.5 Å². The monoisotopic (exact) mass is 334 g/mol. The van der Waals surface area contributed by atoms with E-state index < -0.39 is 0 Å². The minimum atomic E-state index is -0.300. The fourth-order valence-electron chi connectivity index (χ4n) is 2.43. The van der Waals surface area contributed by atoms with Gasteiger partial charge in [-0.25, -0.2) is 14.6 Å². The molecule has 1 aromatic rings. The van der Waals surface area contributed by atoms with Gasteiger partial charge in [0.1, 0.15) is 5.82 Å². The number of rotatable bonds is 3. The van der Waals surface area contributed by atoms with Crippen molar-refractivity contribution in [3.8, 4) is 0 Å². The summed E-state index contributed by atoms with van der Waals surface area (Å²) >= 11 is 0. The minimum Gasteiger partial charge on any atom is -0.449 e. The number of pyridine rings is 1. The molecule has 24 heavy (non-hydrogen) atoms. The van der Waals surface area contributed by atoms with E-state index in [1.807, 2.05) is 32.9 Å². The number of hydrogen-bond donors (Lipinski definition) is 1. The lowest BCUT2D eigenvalue weighted by atomic mass is 10.2. The van der Waals surface area contributed by atoms with E-state index in [-0.39, 0.29) is 12.1 Å². The predicted octanol–water partition coefficient (Wildman–Crippen LogP) is 2.72. The van der Waals surface area contributed by atoms with Crippen LogP contribution in [0.2, 0.25) is 0 Å². The summed E-state index contributed by atoms with van der Waals surface area (Å²) in [6.07, 6.45) is 2.08. The second-order valence-electron chi connectivity index (χ2n) is 6.40. The van der Waals surface area contributed by atoms with Crippen LogP contribution in [0.5, 0.6) is 0 Å². The zero-order valence-corrected chi connectivity index (χ0v) is 14.6. The Bertz CT molecular complexity index is 577. The number of nitrogens with zero attached hydrogens (tertiary/aromatic N) is 3. The molecule has 1 fully saturated rings. The van der Waals surface area contributed by atoms with Crippen LogP contribution in [0.15, 0.2) is 18.3 Å². The molecular weight excluding hydrogens is 308 g/mol. The van der Waals surface area contributed by atoms with Crippen molar-refractivity contribution in [2.45, 2.75) is 27.2 Å². The first kappa shape index (κ1) is 18.0. The Hall–Kier alpha value is -2.31. The highest BCUT2D eigenvalue weighted by Gasteiger charge is 2.23. The van der Waals surface area contributed by atoms with E-state index in [2.05, 4.69) is 10.3 Å². The van der Waals surface area contributed by atoms with Gasteiger partial charge in [0.15, 0.2) is 0 Å². The van der Waals surface area contributed by atoms with Gasteiger partial charge in [0.05, 0.1) is 6.61 Å². The first-order valence-electron chi connectivity index (χ1n) is 8.36. The van der Waals surface area contributed by atoms with Crippen LogP contribution in [-0.2, 0) is 4.74 Å². The molecule has 0 aliphatic carbocycles. The minimum absolute atomic E-state index is 0.186. The van der Waals surface area contributed by atoms with Gasteiger partial charge in [-0.3, -0.25) is 5.32 Å². The smallest absolute Gasteiger partial charge is 0.409 e. The average Bonchev–Trinajstić information content (AvgIpc) is 2.81. The molecule has 1 aliphatic heterocycles. The molecule has 132 valence electrons. The molecule has 0 unspecified atom stereocenters. The fourth-order valence-corrected chi connectivity index (χ4v) is 2.43. The van der Waals surface area contributed by atoms with Gasteiger partial charge in [-0.05, 0) is 30.9 Å². The highest BCUT2D eigenvalue weighted by atomic mass is 16.6. The lowest BCUT2D eigenvalue weighted by molar-refractivity contribution is 0.0934. The lowest BCUT2D eigenvalue weighted by Crippen LogP contribution is -2.39. The van der Waals surface area contributed by atoms with Crippen LogP contribution in [0, 0.1) is 12.8 Å². The molecule has 0 radical (unpaired) electrons. The Morgan fingerprint density at radius 1 is 1.25 bits per heavy atom. The number of carbonyl (C=O) groups is 2. The van der Waals surface area contributed by atoms with Crippen molar-refractivity contribution in [1.29, 1.82) is 0 Å². The van der Waals surface area contributed by atoms with E-state index in [4.69, 9.17) is 4.74 Å². The molecule has 0 saturated carbocycles. The van der Waals surface area contributed by atoms with Crippen molar-refractivity contribution < 1.29 is 14.3 Å². The van der Waals surface area contributed by atoms with Gasteiger partial charge in [-0.2, -0.15) is 0 Å². The summed E-state index contributed by atoms with van der Waals surface area (Å²) in [6.45, 7) is 8.48. The molecule has 1 aliphatic rings. The summed E-state index contributed by atoms with van der Waals surface area (Å²) in [6, 6.07) is 3.55. The molecule has 0 spiro atoms. The number of hydrogen-bond acceptors (Lipinski definition) is 4. The maximum atomic E-state index is 12.4. The summed E-state index contributed by atoms with van der Waals surface area (Å²) in [5.74, 6) is 0.879. The first-order valence-corrected chi connectivity index (χ1v) is 8.36. The number of aromatic nitrogens is 1. The van der Waals surface area contributed by atoms with Gasteiger partial charge >= 0.3 is 12.1 Å². The quantitative estimate of drug-likeness (QED) is 0.922. The van der Waals surface area contributed by atoms with Crippen LogP contribution >= 0.6 is 0 Å². The number of nitrogens with one attached hydrogen (secondary N) is 1. The van der Waals surface area contributed by atoms with E-state index in [1.165, 1.54) is 0 Å². The summed E-state index contributed by atoms with van der Waals surface area (Å²) < 4.78 is 5.26. The Morgan fingerprint density at radius 2 is 1.96 bits per heavy atom. The van der Waals surface area contributed by atoms with Crippen LogP contribution in [0.3, 0.4) is 0 Å². The van der Waals surface area contributed by atoms with E-state index in [0.717, 1.165) is 12.0 Å².